The van der Waals surface area contributed by atoms with Gasteiger partial charge in [0, 0.05) is 23.2 Å². The van der Waals surface area contributed by atoms with E-state index in [0.29, 0.717) is 17.3 Å². The van der Waals surface area contributed by atoms with Crippen LogP contribution in [0.4, 0.5) is 5.82 Å². The van der Waals surface area contributed by atoms with Gasteiger partial charge in [-0.15, -0.1) is 0 Å². The van der Waals surface area contributed by atoms with Crippen molar-refractivity contribution in [3.63, 3.8) is 0 Å². The largest absolute Gasteiger partial charge is 0.456 e. The van der Waals surface area contributed by atoms with Crippen molar-refractivity contribution in [2.24, 2.45) is 0 Å². The highest BCUT2D eigenvalue weighted by Crippen LogP contribution is 2.30. The van der Waals surface area contributed by atoms with Crippen LogP contribution in [-0.4, -0.2) is 9.97 Å². The maximum atomic E-state index is 11.9. The summed E-state index contributed by atoms with van der Waals surface area (Å²) in [5, 5.41) is 0.849. The predicted octanol–water partition coefficient (Wildman–Crippen LogP) is 3.96. The van der Waals surface area contributed by atoms with E-state index < -0.39 is 0 Å². The van der Waals surface area contributed by atoms with Crippen molar-refractivity contribution in [3.05, 3.63) is 83.3 Å². The first-order valence-electron chi connectivity index (χ1n) is 7.81. The van der Waals surface area contributed by atoms with Gasteiger partial charge in [-0.1, -0.05) is 24.3 Å². The third kappa shape index (κ3) is 3.07. The summed E-state index contributed by atoms with van der Waals surface area (Å²) >= 11 is 0. The summed E-state index contributed by atoms with van der Waals surface area (Å²) in [6.07, 6.45) is 1.72. The van der Waals surface area contributed by atoms with Crippen molar-refractivity contribution in [3.8, 4) is 22.6 Å². The van der Waals surface area contributed by atoms with E-state index in [-0.39, 0.29) is 5.56 Å². The molecule has 0 amide bonds. The zero-order valence-electron chi connectivity index (χ0n) is 13.3. The van der Waals surface area contributed by atoms with Crippen LogP contribution in [0.1, 0.15) is 0 Å². The molecule has 4 rings (SSSR count). The van der Waals surface area contributed by atoms with Gasteiger partial charge in [-0.3, -0.25) is 4.79 Å². The standard InChI is InChI=1S/C20H15N3O2/c21-19-9-8-14(12-22-19)13-4-3-5-15(10-13)25-18-11-20(24)23-17-7-2-1-6-16(17)18/h1-12H,(H2,21,22)(H,23,24). The summed E-state index contributed by atoms with van der Waals surface area (Å²) in [5.74, 6) is 1.64. The van der Waals surface area contributed by atoms with Crippen LogP contribution in [0.3, 0.4) is 0 Å². The smallest absolute Gasteiger partial charge is 0.252 e. The molecule has 5 nitrogen and oxygen atoms in total. The van der Waals surface area contributed by atoms with Gasteiger partial charge < -0.3 is 15.5 Å². The van der Waals surface area contributed by atoms with Crippen LogP contribution >= 0.6 is 0 Å². The maximum Gasteiger partial charge on any atom is 0.252 e. The second-order valence-electron chi connectivity index (χ2n) is 5.65. The number of aromatic amines is 1. The van der Waals surface area contributed by atoms with Gasteiger partial charge in [-0.2, -0.15) is 0 Å². The van der Waals surface area contributed by atoms with Crippen LogP contribution in [0.25, 0.3) is 22.0 Å². The molecule has 5 heteroatoms. The van der Waals surface area contributed by atoms with Crippen molar-refractivity contribution in [2.75, 3.05) is 5.73 Å². The number of aromatic nitrogens is 2. The molecule has 2 aromatic heterocycles. The average Bonchev–Trinajstić information content (AvgIpc) is 2.62. The fourth-order valence-corrected chi connectivity index (χ4v) is 2.70. The lowest BCUT2D eigenvalue weighted by Gasteiger charge is -2.10. The minimum atomic E-state index is -0.201. The Labute approximate surface area is 143 Å². The zero-order valence-corrected chi connectivity index (χ0v) is 13.3. The highest BCUT2D eigenvalue weighted by molar-refractivity contribution is 5.85. The summed E-state index contributed by atoms with van der Waals surface area (Å²) in [4.78, 5) is 18.8. The fraction of sp³-hybridized carbons (Fsp3) is 0. The van der Waals surface area contributed by atoms with E-state index in [9.17, 15) is 4.79 Å². The molecule has 0 unspecified atom stereocenters. The number of benzene rings is 2. The molecular weight excluding hydrogens is 314 g/mol. The van der Waals surface area contributed by atoms with Crippen molar-refractivity contribution in [1.82, 2.24) is 9.97 Å². The van der Waals surface area contributed by atoms with Crippen molar-refractivity contribution in [1.29, 1.82) is 0 Å². The Morgan fingerprint density at radius 1 is 0.920 bits per heavy atom. The SMILES string of the molecule is Nc1ccc(-c2cccc(Oc3cc(=O)[nH]c4ccccc34)c2)cn1. The summed E-state index contributed by atoms with van der Waals surface area (Å²) in [7, 11) is 0. The van der Waals surface area contributed by atoms with E-state index in [0.717, 1.165) is 22.0 Å². The molecule has 2 aromatic carbocycles. The number of hydrogen-bond donors (Lipinski definition) is 2. The quantitative estimate of drug-likeness (QED) is 0.596. The number of fused-ring (bicyclic) bond motifs is 1. The molecule has 0 bridgehead atoms. The normalized spacial score (nSPS) is 10.7. The van der Waals surface area contributed by atoms with Gasteiger partial charge in [0.25, 0.3) is 5.56 Å². The molecule has 4 aromatic rings. The molecular formula is C20H15N3O2. The number of para-hydroxylation sites is 1. The number of ether oxygens (including phenoxy) is 1. The van der Waals surface area contributed by atoms with Crippen LogP contribution in [0.15, 0.2) is 77.7 Å². The Kier molecular flexibility index (Phi) is 3.67. The summed E-state index contributed by atoms with van der Waals surface area (Å²) in [5.41, 5.74) is 8.07. The number of nitrogens with two attached hydrogens (primary N) is 1. The Bertz CT molecular complexity index is 1100. The van der Waals surface area contributed by atoms with E-state index in [1.807, 2.05) is 54.6 Å². The Balaban J connectivity index is 1.74. The van der Waals surface area contributed by atoms with Crippen LogP contribution in [0.5, 0.6) is 11.5 Å². The predicted molar refractivity (Wildman–Crippen MR) is 98.7 cm³/mol. The van der Waals surface area contributed by atoms with Crippen LogP contribution < -0.4 is 16.0 Å². The van der Waals surface area contributed by atoms with Gasteiger partial charge >= 0.3 is 0 Å². The molecule has 0 aliphatic carbocycles. The average molecular weight is 329 g/mol. The number of nitrogen functional groups attached to an aromatic ring is 1. The number of anilines is 1. The number of pyridine rings is 2. The highest BCUT2D eigenvalue weighted by atomic mass is 16.5. The molecule has 0 radical (unpaired) electrons. The Morgan fingerprint density at radius 2 is 1.80 bits per heavy atom. The number of hydrogen-bond acceptors (Lipinski definition) is 4. The summed E-state index contributed by atoms with van der Waals surface area (Å²) < 4.78 is 5.99. The molecule has 0 saturated heterocycles. The minimum Gasteiger partial charge on any atom is -0.456 e. The lowest BCUT2D eigenvalue weighted by molar-refractivity contribution is 0.487. The monoisotopic (exact) mass is 329 g/mol. The molecule has 122 valence electrons. The third-order valence-corrected chi connectivity index (χ3v) is 3.89. The van der Waals surface area contributed by atoms with Gasteiger partial charge in [-0.25, -0.2) is 4.98 Å². The Morgan fingerprint density at radius 3 is 2.64 bits per heavy atom. The topological polar surface area (TPSA) is 81.0 Å². The number of H-pyrrole nitrogens is 1. The molecule has 0 saturated carbocycles. The molecule has 25 heavy (non-hydrogen) atoms. The van der Waals surface area contributed by atoms with Gasteiger partial charge in [-0.05, 0) is 42.0 Å². The highest BCUT2D eigenvalue weighted by Gasteiger charge is 2.07. The van der Waals surface area contributed by atoms with Crippen molar-refractivity contribution >= 4 is 16.7 Å². The first-order valence-corrected chi connectivity index (χ1v) is 7.81. The molecule has 0 spiro atoms. The van der Waals surface area contributed by atoms with E-state index in [1.165, 1.54) is 6.07 Å². The fourth-order valence-electron chi connectivity index (χ4n) is 2.70. The molecule has 0 fully saturated rings. The van der Waals surface area contributed by atoms with E-state index in [1.54, 1.807) is 12.3 Å². The summed E-state index contributed by atoms with van der Waals surface area (Å²) in [6.45, 7) is 0. The summed E-state index contributed by atoms with van der Waals surface area (Å²) in [6, 6.07) is 20.3. The molecule has 2 heterocycles. The van der Waals surface area contributed by atoms with Gasteiger partial charge in [0.15, 0.2) is 0 Å². The van der Waals surface area contributed by atoms with Gasteiger partial charge in [0.05, 0.1) is 5.52 Å². The maximum absolute atomic E-state index is 11.9. The second-order valence-corrected chi connectivity index (χ2v) is 5.65. The zero-order chi connectivity index (χ0) is 17.2. The second kappa shape index (κ2) is 6.13. The van der Waals surface area contributed by atoms with Crippen molar-refractivity contribution in [2.45, 2.75) is 0 Å². The first-order chi connectivity index (χ1) is 12.2. The molecule has 0 atom stereocenters. The van der Waals surface area contributed by atoms with E-state index >= 15 is 0 Å². The molecule has 3 N–H and O–H groups in total. The first kappa shape index (κ1) is 15.0. The number of nitrogens with one attached hydrogen (secondary N) is 1. The molecule has 0 aliphatic rings. The lowest BCUT2D eigenvalue weighted by Crippen LogP contribution is -2.04. The van der Waals surface area contributed by atoms with Gasteiger partial charge in [0.2, 0.25) is 0 Å². The van der Waals surface area contributed by atoms with Crippen LogP contribution in [0.2, 0.25) is 0 Å². The van der Waals surface area contributed by atoms with E-state index in [4.69, 9.17) is 10.5 Å². The molecule has 0 aliphatic heterocycles. The van der Waals surface area contributed by atoms with Crippen LogP contribution in [0, 0.1) is 0 Å². The number of rotatable bonds is 3. The Hall–Kier alpha value is -3.60. The van der Waals surface area contributed by atoms with Gasteiger partial charge in [0.1, 0.15) is 17.3 Å². The van der Waals surface area contributed by atoms with Crippen molar-refractivity contribution < 1.29 is 4.74 Å². The lowest BCUT2D eigenvalue weighted by atomic mass is 10.1. The van der Waals surface area contributed by atoms with Crippen LogP contribution in [-0.2, 0) is 0 Å². The number of nitrogens with zero attached hydrogens (tertiary/aromatic N) is 1. The third-order valence-electron chi connectivity index (χ3n) is 3.89. The van der Waals surface area contributed by atoms with E-state index in [2.05, 4.69) is 9.97 Å². The minimum absolute atomic E-state index is 0.201.